The van der Waals surface area contributed by atoms with Gasteiger partial charge in [-0.05, 0) is 43.2 Å². The van der Waals surface area contributed by atoms with Crippen molar-refractivity contribution in [1.82, 2.24) is 10.2 Å². The molecule has 2 aromatic rings. The fourth-order valence-electron chi connectivity index (χ4n) is 3.44. The minimum atomic E-state index is -0.597. The van der Waals surface area contributed by atoms with Crippen molar-refractivity contribution >= 4 is 23.5 Å². The van der Waals surface area contributed by atoms with Gasteiger partial charge in [0, 0.05) is 30.9 Å². The quantitative estimate of drug-likeness (QED) is 0.803. The van der Waals surface area contributed by atoms with Crippen LogP contribution in [0, 0.1) is 0 Å². The molecule has 3 rings (SSSR count). The summed E-state index contributed by atoms with van der Waals surface area (Å²) in [5.41, 5.74) is 7.27. The number of carbonyl (C=O) groups excluding carboxylic acids is 3. The van der Waals surface area contributed by atoms with E-state index in [-0.39, 0.29) is 11.8 Å². The topological polar surface area (TPSA) is 95.7 Å². The number of benzene rings is 2. The van der Waals surface area contributed by atoms with Crippen molar-refractivity contribution in [3.8, 4) is 0 Å². The van der Waals surface area contributed by atoms with Crippen LogP contribution in [0.3, 0.4) is 0 Å². The maximum atomic E-state index is 13.0. The van der Waals surface area contributed by atoms with Crippen LogP contribution in [-0.4, -0.2) is 41.9 Å². The van der Waals surface area contributed by atoms with Gasteiger partial charge in [0.25, 0.3) is 5.91 Å². The Labute approximate surface area is 164 Å². The summed E-state index contributed by atoms with van der Waals surface area (Å²) in [6.45, 7) is 3.22. The Morgan fingerprint density at radius 3 is 2.43 bits per heavy atom. The monoisotopic (exact) mass is 380 g/mol. The van der Waals surface area contributed by atoms with Gasteiger partial charge >= 0.3 is 6.03 Å². The zero-order valence-electron chi connectivity index (χ0n) is 15.8. The van der Waals surface area contributed by atoms with E-state index >= 15 is 0 Å². The molecule has 0 saturated carbocycles. The lowest BCUT2D eigenvalue weighted by atomic mass is 10.1. The number of primary amides is 1. The Balaban J connectivity index is 1.71. The lowest BCUT2D eigenvalue weighted by Crippen LogP contribution is -2.45. The molecular weight excluding hydrogens is 356 g/mol. The Morgan fingerprint density at radius 2 is 1.82 bits per heavy atom. The lowest BCUT2D eigenvalue weighted by molar-refractivity contribution is -0.120. The normalized spacial score (nSPS) is 16.1. The summed E-state index contributed by atoms with van der Waals surface area (Å²) >= 11 is 0. The molecule has 4 amide bonds. The van der Waals surface area contributed by atoms with Gasteiger partial charge in [-0.15, -0.1) is 0 Å². The van der Waals surface area contributed by atoms with E-state index in [1.807, 2.05) is 37.3 Å². The van der Waals surface area contributed by atoms with Crippen LogP contribution in [0.5, 0.6) is 0 Å². The van der Waals surface area contributed by atoms with Gasteiger partial charge in [0.1, 0.15) is 6.04 Å². The van der Waals surface area contributed by atoms with Crippen molar-refractivity contribution in [3.63, 3.8) is 0 Å². The molecule has 1 atom stereocenters. The van der Waals surface area contributed by atoms with Crippen molar-refractivity contribution in [3.05, 3.63) is 65.7 Å². The number of para-hydroxylation sites is 1. The lowest BCUT2D eigenvalue weighted by Gasteiger charge is -2.27. The molecule has 1 heterocycles. The number of amides is 4. The molecule has 0 spiro atoms. The summed E-state index contributed by atoms with van der Waals surface area (Å²) in [5.74, 6) is -0.228. The number of rotatable bonds is 6. The number of anilines is 1. The van der Waals surface area contributed by atoms with E-state index in [4.69, 9.17) is 5.73 Å². The van der Waals surface area contributed by atoms with E-state index in [9.17, 15) is 14.4 Å². The molecule has 0 aromatic heterocycles. The number of nitrogens with one attached hydrogen (secondary N) is 1. The van der Waals surface area contributed by atoms with E-state index in [0.29, 0.717) is 31.6 Å². The summed E-state index contributed by atoms with van der Waals surface area (Å²) < 4.78 is 0. The molecule has 1 fully saturated rings. The van der Waals surface area contributed by atoms with Gasteiger partial charge in [-0.2, -0.15) is 0 Å². The largest absolute Gasteiger partial charge is 0.352 e. The summed E-state index contributed by atoms with van der Waals surface area (Å²) in [5, 5.41) is 2.51. The molecule has 1 saturated heterocycles. The predicted molar refractivity (Wildman–Crippen MR) is 107 cm³/mol. The molecule has 3 N–H and O–H groups in total. The summed E-state index contributed by atoms with van der Waals surface area (Å²) in [7, 11) is 0. The van der Waals surface area contributed by atoms with Crippen molar-refractivity contribution in [1.29, 1.82) is 0 Å². The molecule has 0 radical (unpaired) electrons. The Kier molecular flexibility index (Phi) is 5.93. The van der Waals surface area contributed by atoms with E-state index < -0.39 is 12.1 Å². The third kappa shape index (κ3) is 4.14. The first kappa shape index (κ1) is 19.4. The van der Waals surface area contributed by atoms with Crippen molar-refractivity contribution in [2.75, 3.05) is 18.0 Å². The van der Waals surface area contributed by atoms with Crippen LogP contribution < -0.4 is 16.0 Å². The molecule has 28 heavy (non-hydrogen) atoms. The van der Waals surface area contributed by atoms with Crippen LogP contribution in [0.2, 0.25) is 0 Å². The highest BCUT2D eigenvalue weighted by Crippen LogP contribution is 2.25. The molecule has 7 heteroatoms. The third-order valence-corrected chi connectivity index (χ3v) is 4.89. The average Bonchev–Trinajstić information content (AvgIpc) is 3.09. The van der Waals surface area contributed by atoms with Gasteiger partial charge in [0.2, 0.25) is 5.91 Å². The smallest absolute Gasteiger partial charge is 0.312 e. The van der Waals surface area contributed by atoms with Gasteiger partial charge < -0.3 is 20.9 Å². The maximum absolute atomic E-state index is 13.0. The highest BCUT2D eigenvalue weighted by atomic mass is 16.2. The molecule has 2 aromatic carbocycles. The molecule has 7 nitrogen and oxygen atoms in total. The fraction of sp³-hybridized carbons (Fsp3) is 0.286. The van der Waals surface area contributed by atoms with Crippen molar-refractivity contribution in [2.45, 2.75) is 25.9 Å². The Hall–Kier alpha value is -3.35. The SMILES string of the molecule is CCN(C(=O)c1ccc(CNC(N)=O)cc1)C1CCN(c2ccccc2)C1=O. The van der Waals surface area contributed by atoms with Gasteiger partial charge in [0.15, 0.2) is 0 Å². The second-order valence-corrected chi connectivity index (χ2v) is 6.64. The second kappa shape index (κ2) is 8.56. The molecule has 1 unspecified atom stereocenters. The predicted octanol–water partition coefficient (Wildman–Crippen LogP) is 2.12. The van der Waals surface area contributed by atoms with Crippen molar-refractivity contribution in [2.24, 2.45) is 5.73 Å². The highest BCUT2D eigenvalue weighted by Gasteiger charge is 2.38. The molecular formula is C21H24N4O3. The van der Waals surface area contributed by atoms with Gasteiger partial charge in [-0.1, -0.05) is 30.3 Å². The van der Waals surface area contributed by atoms with Crippen molar-refractivity contribution < 1.29 is 14.4 Å². The van der Waals surface area contributed by atoms with E-state index in [1.54, 1.807) is 34.1 Å². The first-order valence-electron chi connectivity index (χ1n) is 9.31. The number of nitrogens with zero attached hydrogens (tertiary/aromatic N) is 2. The highest BCUT2D eigenvalue weighted by molar-refractivity contribution is 6.03. The summed E-state index contributed by atoms with van der Waals surface area (Å²) in [4.78, 5) is 40.1. The number of hydrogen-bond donors (Lipinski definition) is 2. The van der Waals surface area contributed by atoms with Crippen LogP contribution in [0.4, 0.5) is 10.5 Å². The first-order valence-corrected chi connectivity index (χ1v) is 9.31. The molecule has 146 valence electrons. The first-order chi connectivity index (χ1) is 13.5. The van der Waals surface area contributed by atoms with Crippen LogP contribution in [0.15, 0.2) is 54.6 Å². The Bertz CT molecular complexity index is 852. The van der Waals surface area contributed by atoms with Gasteiger partial charge in [0.05, 0.1) is 0 Å². The van der Waals surface area contributed by atoms with Crippen LogP contribution in [-0.2, 0) is 11.3 Å². The van der Waals surface area contributed by atoms with E-state index in [0.717, 1.165) is 11.3 Å². The molecule has 0 bridgehead atoms. The summed E-state index contributed by atoms with van der Waals surface area (Å²) in [6.07, 6.45) is 0.605. The van der Waals surface area contributed by atoms with Gasteiger partial charge in [-0.3, -0.25) is 9.59 Å². The fourth-order valence-corrected chi connectivity index (χ4v) is 3.44. The summed E-state index contributed by atoms with van der Waals surface area (Å²) in [6, 6.07) is 15.4. The Morgan fingerprint density at radius 1 is 1.14 bits per heavy atom. The molecule has 1 aliphatic heterocycles. The zero-order valence-corrected chi connectivity index (χ0v) is 15.8. The standard InChI is InChI=1S/C21H24N4O3/c1-2-24(18-12-13-25(20(18)27)17-6-4-3-5-7-17)19(26)16-10-8-15(9-11-16)14-23-21(22)28/h3-11,18H,2,12-14H2,1H3,(H3,22,23,28). The molecule has 0 aliphatic carbocycles. The minimum absolute atomic E-state index is 0.0521. The average molecular weight is 380 g/mol. The van der Waals surface area contributed by atoms with Crippen LogP contribution in [0.25, 0.3) is 0 Å². The number of urea groups is 1. The third-order valence-electron chi connectivity index (χ3n) is 4.89. The molecule has 1 aliphatic rings. The second-order valence-electron chi connectivity index (χ2n) is 6.64. The zero-order chi connectivity index (χ0) is 20.1. The van der Waals surface area contributed by atoms with Gasteiger partial charge in [-0.25, -0.2) is 4.79 Å². The van der Waals surface area contributed by atoms with E-state index in [1.165, 1.54) is 0 Å². The number of likely N-dealkylation sites (N-methyl/N-ethyl adjacent to an activating group) is 1. The van der Waals surface area contributed by atoms with Crippen LogP contribution >= 0.6 is 0 Å². The number of carbonyl (C=O) groups is 3. The minimum Gasteiger partial charge on any atom is -0.352 e. The van der Waals surface area contributed by atoms with Crippen LogP contribution in [0.1, 0.15) is 29.3 Å². The number of nitrogens with two attached hydrogens (primary N) is 1. The van der Waals surface area contributed by atoms with E-state index in [2.05, 4.69) is 5.32 Å². The maximum Gasteiger partial charge on any atom is 0.312 e. The number of hydrogen-bond acceptors (Lipinski definition) is 3.